The van der Waals surface area contributed by atoms with E-state index in [1.54, 1.807) is 6.20 Å². The maximum absolute atomic E-state index is 11.2. The molecule has 0 atom stereocenters. The van der Waals surface area contributed by atoms with Crippen molar-refractivity contribution in [2.24, 2.45) is 0 Å². The highest BCUT2D eigenvalue weighted by atomic mass is 31.2. The van der Waals surface area contributed by atoms with Crippen LogP contribution in [0.4, 0.5) is 0 Å². The van der Waals surface area contributed by atoms with Crippen LogP contribution in [-0.4, -0.2) is 55.9 Å². The molecule has 0 aliphatic rings. The molecule has 0 radical (unpaired) electrons. The summed E-state index contributed by atoms with van der Waals surface area (Å²) in [5.74, 6) is 0. The lowest BCUT2D eigenvalue weighted by molar-refractivity contribution is 0.0570. The van der Waals surface area contributed by atoms with E-state index in [1.807, 2.05) is 6.20 Å². The molecule has 400 valence electrons. The second-order valence-corrected chi connectivity index (χ2v) is 22.2. The van der Waals surface area contributed by atoms with Gasteiger partial charge in [0, 0.05) is 37.9 Å². The fourth-order valence-electron chi connectivity index (χ4n) is 8.88. The average Bonchev–Trinajstić information content (AvgIpc) is 3.29. The maximum Gasteiger partial charge on any atom is 0.471 e. The molecule has 0 amide bonds. The Morgan fingerprint density at radius 2 is 0.522 bits per heavy atom. The standard InChI is InChI=1S/C54H111N3O8P2/c1-3-5-7-9-11-13-15-17-19-21-23-25-27-29-31-33-35-37-39-41-43-45-49-56(51-47-55-48-52-57(53-64-66(58,59)60)54-65-67(61,62)63)50-46-44-42-40-38-36-34-32-30-28-26-24-22-20-18-16-14-12-10-8-6-4-2/h47-48,51-52,55H,3-46,49-50,53-54H2,1-2H3,(H2,58,59,60)(H2,61,62,63). The van der Waals surface area contributed by atoms with E-state index in [0.717, 1.165) is 30.8 Å². The summed E-state index contributed by atoms with van der Waals surface area (Å²) in [5, 5.41) is 3.03. The van der Waals surface area contributed by atoms with Crippen LogP contribution in [0.1, 0.15) is 296 Å². The highest BCUT2D eigenvalue weighted by Crippen LogP contribution is 2.38. The van der Waals surface area contributed by atoms with Crippen molar-refractivity contribution in [2.45, 2.75) is 296 Å². The van der Waals surface area contributed by atoms with Gasteiger partial charge >= 0.3 is 15.6 Å². The van der Waals surface area contributed by atoms with Crippen LogP contribution < -0.4 is 5.32 Å². The van der Waals surface area contributed by atoms with Crippen molar-refractivity contribution in [2.75, 3.05) is 26.6 Å². The first-order valence-corrected chi connectivity index (χ1v) is 31.6. The quantitative estimate of drug-likeness (QED) is 0.0225. The van der Waals surface area contributed by atoms with Gasteiger partial charge in [-0.05, 0) is 12.8 Å². The molecule has 0 fully saturated rings. The van der Waals surface area contributed by atoms with E-state index < -0.39 is 29.1 Å². The zero-order chi connectivity index (χ0) is 49.0. The molecule has 0 saturated heterocycles. The summed E-state index contributed by atoms with van der Waals surface area (Å²) in [7, 11) is -9.56. The van der Waals surface area contributed by atoms with Gasteiger partial charge in [0.1, 0.15) is 13.5 Å². The van der Waals surface area contributed by atoms with Crippen LogP contribution in [0.3, 0.4) is 0 Å². The zero-order valence-corrected chi connectivity index (χ0v) is 45.8. The van der Waals surface area contributed by atoms with Crippen LogP contribution in [0.15, 0.2) is 24.8 Å². The van der Waals surface area contributed by atoms with Crippen molar-refractivity contribution in [3.8, 4) is 0 Å². The van der Waals surface area contributed by atoms with E-state index in [-0.39, 0.29) is 0 Å². The number of hydrogen-bond donors (Lipinski definition) is 5. The molecule has 5 N–H and O–H groups in total. The van der Waals surface area contributed by atoms with Gasteiger partial charge in [-0.2, -0.15) is 0 Å². The van der Waals surface area contributed by atoms with Crippen LogP contribution in [-0.2, 0) is 18.2 Å². The van der Waals surface area contributed by atoms with Gasteiger partial charge in [-0.1, -0.05) is 284 Å². The minimum Gasteiger partial charge on any atom is -0.376 e. The zero-order valence-electron chi connectivity index (χ0n) is 44.0. The number of phosphoric ester groups is 2. The van der Waals surface area contributed by atoms with Crippen LogP contribution in [0, 0.1) is 0 Å². The minimum atomic E-state index is -4.78. The van der Waals surface area contributed by atoms with Gasteiger partial charge in [-0.3, -0.25) is 9.05 Å². The minimum absolute atomic E-state index is 0.614. The van der Waals surface area contributed by atoms with Crippen molar-refractivity contribution in [3.63, 3.8) is 0 Å². The van der Waals surface area contributed by atoms with Gasteiger partial charge in [0.2, 0.25) is 0 Å². The number of nitrogens with one attached hydrogen (secondary N) is 1. The fourth-order valence-corrected chi connectivity index (χ4v) is 9.48. The predicted molar refractivity (Wildman–Crippen MR) is 285 cm³/mol. The predicted octanol–water partition coefficient (Wildman–Crippen LogP) is 17.5. The lowest BCUT2D eigenvalue weighted by Gasteiger charge is -2.21. The topological polar surface area (TPSA) is 152 Å². The molecular weight excluding hydrogens is 881 g/mol. The summed E-state index contributed by atoms with van der Waals surface area (Å²) in [4.78, 5) is 39.7. The molecule has 0 bridgehead atoms. The van der Waals surface area contributed by atoms with Gasteiger partial charge in [0.15, 0.2) is 0 Å². The summed E-state index contributed by atoms with van der Waals surface area (Å²) >= 11 is 0. The molecule has 0 rings (SSSR count). The highest BCUT2D eigenvalue weighted by molar-refractivity contribution is 7.46. The van der Waals surface area contributed by atoms with E-state index in [4.69, 9.17) is 19.6 Å². The molecule has 0 aromatic rings. The van der Waals surface area contributed by atoms with Crippen LogP contribution in [0.25, 0.3) is 0 Å². The lowest BCUT2D eigenvalue weighted by Crippen LogP contribution is -2.23. The first-order valence-electron chi connectivity index (χ1n) is 28.5. The second-order valence-electron chi connectivity index (χ2n) is 19.8. The Hall–Kier alpha value is -0.900. The van der Waals surface area contributed by atoms with E-state index in [1.165, 1.54) is 282 Å². The molecule has 0 heterocycles. The average molecular weight is 992 g/mol. The van der Waals surface area contributed by atoms with Gasteiger partial charge < -0.3 is 34.7 Å². The number of unbranched alkanes of at least 4 members (excludes halogenated alkanes) is 42. The summed E-state index contributed by atoms with van der Waals surface area (Å²) < 4.78 is 31.3. The Balaban J connectivity index is 4.29. The third-order valence-electron chi connectivity index (χ3n) is 13.1. The molecule has 11 nitrogen and oxygen atoms in total. The Kier molecular flexibility index (Phi) is 50.8. The van der Waals surface area contributed by atoms with Gasteiger partial charge in [-0.25, -0.2) is 9.13 Å². The molecular formula is C54H111N3O8P2. The Morgan fingerprint density at radius 1 is 0.328 bits per heavy atom. The number of nitrogens with zero attached hydrogens (tertiary/aromatic N) is 2. The molecule has 0 saturated carbocycles. The maximum atomic E-state index is 11.2. The largest absolute Gasteiger partial charge is 0.471 e. The van der Waals surface area contributed by atoms with Crippen molar-refractivity contribution in [3.05, 3.63) is 24.8 Å². The summed E-state index contributed by atoms with van der Waals surface area (Å²) in [5.41, 5.74) is 0. The van der Waals surface area contributed by atoms with Crippen molar-refractivity contribution >= 4 is 15.6 Å². The first kappa shape index (κ1) is 66.1. The van der Waals surface area contributed by atoms with Crippen molar-refractivity contribution < 1.29 is 37.8 Å². The molecule has 0 aromatic heterocycles. The molecule has 0 spiro atoms. The van der Waals surface area contributed by atoms with Crippen LogP contribution in [0.2, 0.25) is 0 Å². The van der Waals surface area contributed by atoms with Crippen LogP contribution >= 0.6 is 15.6 Å². The molecule has 0 aliphatic carbocycles. The van der Waals surface area contributed by atoms with Gasteiger partial charge in [0.05, 0.1) is 0 Å². The van der Waals surface area contributed by atoms with E-state index >= 15 is 0 Å². The lowest BCUT2D eigenvalue weighted by atomic mass is 10.0. The third-order valence-corrected chi connectivity index (χ3v) is 14.0. The van der Waals surface area contributed by atoms with Gasteiger partial charge in [-0.15, -0.1) is 0 Å². The summed E-state index contributed by atoms with van der Waals surface area (Å²) in [6.07, 6.45) is 67.4. The first-order chi connectivity index (χ1) is 32.6. The fraction of sp³-hybridized carbons (Fsp3) is 0.926. The SMILES string of the molecule is CCCCCCCCCCCCCCCCCCCCCCCCN(C=CNC=CN(COP(=O)(O)O)COP(=O)(O)O)CCCCCCCCCCCCCCCCCCCCCCCC. The Labute approximate surface area is 414 Å². The molecule has 0 aromatic carbocycles. The van der Waals surface area contributed by atoms with E-state index in [9.17, 15) is 9.13 Å². The van der Waals surface area contributed by atoms with Gasteiger partial charge in [0.25, 0.3) is 0 Å². The Bertz CT molecular complexity index is 1080. The third kappa shape index (κ3) is 57.6. The Morgan fingerprint density at radius 3 is 0.731 bits per heavy atom. The number of hydrogen-bond acceptors (Lipinski definition) is 7. The van der Waals surface area contributed by atoms with E-state index in [2.05, 4.69) is 33.1 Å². The second kappa shape index (κ2) is 51.5. The summed E-state index contributed by atoms with van der Waals surface area (Å²) in [6, 6.07) is 0. The van der Waals surface area contributed by atoms with Crippen LogP contribution in [0.5, 0.6) is 0 Å². The number of phosphoric acid groups is 2. The molecule has 67 heavy (non-hydrogen) atoms. The molecule has 0 aliphatic heterocycles. The monoisotopic (exact) mass is 992 g/mol. The normalized spacial score (nSPS) is 12.3. The number of rotatable bonds is 56. The molecule has 13 heteroatoms. The van der Waals surface area contributed by atoms with E-state index in [0.29, 0.717) is 0 Å². The van der Waals surface area contributed by atoms with Crippen molar-refractivity contribution in [1.29, 1.82) is 0 Å². The van der Waals surface area contributed by atoms with Crippen molar-refractivity contribution in [1.82, 2.24) is 15.1 Å². The highest BCUT2D eigenvalue weighted by Gasteiger charge is 2.19. The molecule has 0 unspecified atom stereocenters. The smallest absolute Gasteiger partial charge is 0.376 e. The summed E-state index contributed by atoms with van der Waals surface area (Å²) in [6.45, 7) is 5.32.